The number of hydrogen-bond donors (Lipinski definition) is 1. The van der Waals surface area contributed by atoms with Crippen molar-refractivity contribution in [3.8, 4) is 17.1 Å². The number of carbonyl (C=O) groups excluding carboxylic acids is 1. The quantitative estimate of drug-likeness (QED) is 0.474. The first-order valence-electron chi connectivity index (χ1n) is 10.3. The number of amides is 1. The van der Waals surface area contributed by atoms with Gasteiger partial charge in [0.25, 0.3) is 5.91 Å². The van der Waals surface area contributed by atoms with Crippen LogP contribution in [0.3, 0.4) is 0 Å². The predicted molar refractivity (Wildman–Crippen MR) is 125 cm³/mol. The summed E-state index contributed by atoms with van der Waals surface area (Å²) in [6.45, 7) is 7.05. The highest BCUT2D eigenvalue weighted by Crippen LogP contribution is 2.30. The number of aryl methyl sites for hydroxylation is 2. The molecule has 0 unspecified atom stereocenters. The molecule has 0 atom stereocenters. The van der Waals surface area contributed by atoms with Crippen LogP contribution in [0.2, 0.25) is 5.02 Å². The summed E-state index contributed by atoms with van der Waals surface area (Å²) in [5.41, 5.74) is 4.27. The Hall–Kier alpha value is -3.45. The molecule has 2 heterocycles. The van der Waals surface area contributed by atoms with Crippen molar-refractivity contribution in [2.24, 2.45) is 0 Å². The van der Waals surface area contributed by atoms with E-state index in [9.17, 15) is 9.90 Å². The van der Waals surface area contributed by atoms with Crippen LogP contribution in [0.1, 0.15) is 34.2 Å². The summed E-state index contributed by atoms with van der Waals surface area (Å²) in [5.74, 6) is 0.224. The number of rotatable bonds is 5. The van der Waals surface area contributed by atoms with Crippen molar-refractivity contribution in [2.75, 3.05) is 7.05 Å². The van der Waals surface area contributed by atoms with Crippen molar-refractivity contribution in [3.63, 3.8) is 0 Å². The number of aromatic hydroxyl groups is 1. The maximum absolute atomic E-state index is 13.6. The Bertz CT molecular complexity index is 1330. The fraction of sp³-hybridized carbons (Fsp3) is 0.250. The minimum Gasteiger partial charge on any atom is -0.508 e. The lowest BCUT2D eigenvalue weighted by Gasteiger charge is -2.19. The number of aromatic nitrogens is 4. The Labute approximate surface area is 191 Å². The van der Waals surface area contributed by atoms with Gasteiger partial charge in [0.1, 0.15) is 11.4 Å². The first-order valence-corrected chi connectivity index (χ1v) is 10.7. The lowest BCUT2D eigenvalue weighted by molar-refractivity contribution is 0.0781. The zero-order valence-corrected chi connectivity index (χ0v) is 19.2. The molecule has 0 aliphatic carbocycles. The second-order valence-electron chi connectivity index (χ2n) is 7.74. The number of hydrogen-bond acceptors (Lipinski definition) is 5. The van der Waals surface area contributed by atoms with Gasteiger partial charge in [-0.3, -0.25) is 9.48 Å². The highest BCUT2D eigenvalue weighted by Gasteiger charge is 2.22. The van der Waals surface area contributed by atoms with Crippen molar-refractivity contribution < 1.29 is 9.90 Å². The maximum atomic E-state index is 13.6. The molecule has 0 fully saturated rings. The number of carbonyl (C=O) groups is 1. The molecule has 164 valence electrons. The number of benzene rings is 2. The van der Waals surface area contributed by atoms with E-state index >= 15 is 0 Å². The zero-order valence-electron chi connectivity index (χ0n) is 18.4. The summed E-state index contributed by atoms with van der Waals surface area (Å²) in [5, 5.41) is 15.4. The van der Waals surface area contributed by atoms with E-state index in [1.165, 1.54) is 0 Å². The van der Waals surface area contributed by atoms with E-state index in [0.29, 0.717) is 33.9 Å². The van der Waals surface area contributed by atoms with E-state index in [1.54, 1.807) is 54.5 Å². The third-order valence-electron chi connectivity index (χ3n) is 5.62. The SMILES string of the molecule is CCn1ncc(CN(C)C(=O)c2nc(-c3cccc(O)c3)nc3ccc(Cl)c(C)c23)c1C. The fourth-order valence-electron chi connectivity index (χ4n) is 3.76. The number of nitrogens with zero attached hydrogens (tertiary/aromatic N) is 5. The Morgan fingerprint density at radius 1 is 1.19 bits per heavy atom. The Balaban J connectivity index is 1.82. The van der Waals surface area contributed by atoms with Gasteiger partial charge in [0.15, 0.2) is 5.82 Å². The molecule has 1 amide bonds. The van der Waals surface area contributed by atoms with Crippen molar-refractivity contribution in [1.82, 2.24) is 24.6 Å². The summed E-state index contributed by atoms with van der Waals surface area (Å²) >= 11 is 6.37. The van der Waals surface area contributed by atoms with Gasteiger partial charge < -0.3 is 10.0 Å². The van der Waals surface area contributed by atoms with E-state index in [0.717, 1.165) is 23.4 Å². The maximum Gasteiger partial charge on any atom is 0.273 e. The van der Waals surface area contributed by atoms with E-state index in [4.69, 9.17) is 11.6 Å². The van der Waals surface area contributed by atoms with Crippen molar-refractivity contribution in [2.45, 2.75) is 33.9 Å². The molecule has 0 saturated carbocycles. The molecule has 0 radical (unpaired) electrons. The third kappa shape index (κ3) is 3.91. The first-order chi connectivity index (χ1) is 15.3. The van der Waals surface area contributed by atoms with Gasteiger partial charge in [-0.1, -0.05) is 23.7 Å². The largest absolute Gasteiger partial charge is 0.508 e. The van der Waals surface area contributed by atoms with E-state index in [2.05, 4.69) is 15.1 Å². The monoisotopic (exact) mass is 449 g/mol. The molecular formula is C24H24ClN5O2. The summed E-state index contributed by atoms with van der Waals surface area (Å²) in [6, 6.07) is 10.2. The van der Waals surface area contributed by atoms with Crippen molar-refractivity contribution in [3.05, 3.63) is 70.1 Å². The molecule has 32 heavy (non-hydrogen) atoms. The molecule has 7 nitrogen and oxygen atoms in total. The summed E-state index contributed by atoms with van der Waals surface area (Å²) in [4.78, 5) is 24.5. The van der Waals surface area contributed by atoms with Gasteiger partial charge in [-0.2, -0.15) is 5.10 Å². The van der Waals surface area contributed by atoms with Crippen LogP contribution >= 0.6 is 11.6 Å². The molecule has 0 bridgehead atoms. The zero-order chi connectivity index (χ0) is 23.0. The van der Waals surface area contributed by atoms with Gasteiger partial charge in [-0.05, 0) is 50.6 Å². The summed E-state index contributed by atoms with van der Waals surface area (Å²) in [7, 11) is 1.74. The molecule has 0 aliphatic heterocycles. The number of phenolic OH excluding ortho intramolecular Hbond substituents is 1. The van der Waals surface area contributed by atoms with Gasteiger partial charge in [-0.25, -0.2) is 9.97 Å². The van der Waals surface area contributed by atoms with Crippen molar-refractivity contribution in [1.29, 1.82) is 0 Å². The number of halogens is 1. The molecule has 0 aliphatic rings. The number of phenols is 1. The first kappa shape index (κ1) is 21.8. The minimum atomic E-state index is -0.243. The molecule has 2 aromatic heterocycles. The lowest BCUT2D eigenvalue weighted by Crippen LogP contribution is -2.28. The van der Waals surface area contributed by atoms with E-state index in [1.807, 2.05) is 25.5 Å². The van der Waals surface area contributed by atoms with Gasteiger partial charge in [0.05, 0.1) is 11.7 Å². The lowest BCUT2D eigenvalue weighted by atomic mass is 10.1. The van der Waals surface area contributed by atoms with Crippen molar-refractivity contribution >= 4 is 28.4 Å². The summed E-state index contributed by atoms with van der Waals surface area (Å²) < 4.78 is 1.90. The van der Waals surface area contributed by atoms with Crippen LogP contribution in [0.25, 0.3) is 22.3 Å². The minimum absolute atomic E-state index is 0.104. The van der Waals surface area contributed by atoms with Crippen LogP contribution < -0.4 is 0 Å². The number of fused-ring (bicyclic) bond motifs is 1. The molecular weight excluding hydrogens is 426 g/mol. The van der Waals surface area contributed by atoms with Crippen LogP contribution in [0.15, 0.2) is 42.6 Å². The predicted octanol–water partition coefficient (Wildman–Crippen LogP) is 4.76. The normalized spacial score (nSPS) is 11.2. The van der Waals surface area contributed by atoms with Gasteiger partial charge in [-0.15, -0.1) is 0 Å². The Kier molecular flexibility index (Phi) is 5.84. The van der Waals surface area contributed by atoms with Gasteiger partial charge >= 0.3 is 0 Å². The van der Waals surface area contributed by atoms with Crippen LogP contribution in [0.5, 0.6) is 5.75 Å². The average molecular weight is 450 g/mol. The highest BCUT2D eigenvalue weighted by atomic mass is 35.5. The average Bonchev–Trinajstić information content (AvgIpc) is 3.14. The topological polar surface area (TPSA) is 84.1 Å². The molecule has 2 aromatic carbocycles. The Morgan fingerprint density at radius 2 is 1.97 bits per heavy atom. The summed E-state index contributed by atoms with van der Waals surface area (Å²) in [6.07, 6.45) is 1.79. The van der Waals surface area contributed by atoms with Crippen LogP contribution in [0, 0.1) is 13.8 Å². The fourth-order valence-corrected chi connectivity index (χ4v) is 3.92. The second-order valence-corrected chi connectivity index (χ2v) is 8.15. The molecule has 0 saturated heterocycles. The molecule has 0 spiro atoms. The van der Waals surface area contributed by atoms with Crippen LogP contribution in [-0.4, -0.2) is 42.7 Å². The van der Waals surface area contributed by atoms with Gasteiger partial charge in [0.2, 0.25) is 0 Å². The van der Waals surface area contributed by atoms with Crippen LogP contribution in [0.4, 0.5) is 0 Å². The molecule has 4 rings (SSSR count). The molecule has 1 N–H and O–H groups in total. The van der Waals surface area contributed by atoms with Crippen LogP contribution in [-0.2, 0) is 13.1 Å². The smallest absolute Gasteiger partial charge is 0.273 e. The highest BCUT2D eigenvalue weighted by molar-refractivity contribution is 6.32. The van der Waals surface area contributed by atoms with E-state index < -0.39 is 0 Å². The second kappa shape index (κ2) is 8.59. The third-order valence-corrected chi connectivity index (χ3v) is 6.03. The van der Waals surface area contributed by atoms with Gasteiger partial charge in [0, 0.05) is 47.4 Å². The Morgan fingerprint density at radius 3 is 2.66 bits per heavy atom. The van der Waals surface area contributed by atoms with E-state index in [-0.39, 0.29) is 17.4 Å². The standard InChI is InChI=1S/C24H24ClN5O2/c1-5-30-15(3)17(12-26-30)13-29(4)24(32)22-21-14(2)19(25)9-10-20(21)27-23(28-22)16-7-6-8-18(31)11-16/h6-12,31H,5,13H2,1-4H3. The molecule has 8 heteroatoms. The molecule has 4 aromatic rings.